The number of aromatic nitrogens is 4. The number of aliphatic carboxylic acids is 1. The van der Waals surface area contributed by atoms with Crippen molar-refractivity contribution < 1.29 is 14.1 Å². The first kappa shape index (κ1) is 14.1. The molecule has 1 heterocycles. The van der Waals surface area contributed by atoms with E-state index in [0.29, 0.717) is 17.3 Å². The molecule has 1 aromatic rings. The van der Waals surface area contributed by atoms with Crippen molar-refractivity contribution in [2.45, 2.75) is 24.5 Å². The fourth-order valence-electron chi connectivity index (χ4n) is 1.14. The Morgan fingerprint density at radius 3 is 2.94 bits per heavy atom. The molecule has 17 heavy (non-hydrogen) atoms. The van der Waals surface area contributed by atoms with E-state index in [2.05, 4.69) is 15.5 Å². The lowest BCUT2D eigenvalue weighted by Crippen LogP contribution is -2.12. The number of nitrogens with zero attached hydrogens (tertiary/aromatic N) is 4. The van der Waals surface area contributed by atoms with Gasteiger partial charge in [-0.25, -0.2) is 4.68 Å². The van der Waals surface area contributed by atoms with Gasteiger partial charge in [0.15, 0.2) is 0 Å². The smallest absolute Gasteiger partial charge is 0.313 e. The summed E-state index contributed by atoms with van der Waals surface area (Å²) in [5.41, 5.74) is 0. The minimum atomic E-state index is -0.910. The Morgan fingerprint density at radius 1 is 1.65 bits per heavy atom. The quantitative estimate of drug-likeness (QED) is 0.710. The maximum Gasteiger partial charge on any atom is 0.313 e. The first-order chi connectivity index (χ1) is 8.00. The Balaban J connectivity index is 2.60. The normalized spacial score (nSPS) is 14.5. The number of carboxylic acids is 1. The molecule has 7 nitrogen and oxygen atoms in total. The lowest BCUT2D eigenvalue weighted by atomic mass is 10.3. The molecule has 0 radical (unpaired) electrons. The molecule has 0 aliphatic carbocycles. The van der Waals surface area contributed by atoms with Crippen LogP contribution >= 0.6 is 11.8 Å². The molecular weight excluding hydrogens is 264 g/mol. The van der Waals surface area contributed by atoms with Crippen molar-refractivity contribution in [1.82, 2.24) is 20.2 Å². The van der Waals surface area contributed by atoms with Gasteiger partial charge in [-0.3, -0.25) is 9.00 Å². The molecule has 0 saturated carbocycles. The van der Waals surface area contributed by atoms with Gasteiger partial charge in [0.05, 0.1) is 11.8 Å². The van der Waals surface area contributed by atoms with Gasteiger partial charge in [-0.1, -0.05) is 11.8 Å². The van der Waals surface area contributed by atoms with Crippen LogP contribution in [0.25, 0.3) is 0 Å². The largest absolute Gasteiger partial charge is 0.481 e. The molecule has 1 aromatic heterocycles. The van der Waals surface area contributed by atoms with E-state index in [-0.39, 0.29) is 11.8 Å². The molecule has 0 saturated heterocycles. The minimum Gasteiger partial charge on any atom is -0.481 e. The molecule has 2 unspecified atom stereocenters. The summed E-state index contributed by atoms with van der Waals surface area (Å²) >= 11 is 1.08. The molecule has 1 rings (SSSR count). The Kier molecular flexibility index (Phi) is 5.56. The lowest BCUT2D eigenvalue weighted by Gasteiger charge is -2.11. The molecule has 96 valence electrons. The monoisotopic (exact) mass is 278 g/mol. The maximum absolute atomic E-state index is 11.0. The van der Waals surface area contributed by atoms with Gasteiger partial charge in [0, 0.05) is 22.8 Å². The summed E-state index contributed by atoms with van der Waals surface area (Å²) in [7, 11) is -0.848. The number of tetrazole rings is 1. The molecule has 0 fully saturated rings. The van der Waals surface area contributed by atoms with Crippen molar-refractivity contribution in [3.05, 3.63) is 0 Å². The summed E-state index contributed by atoms with van der Waals surface area (Å²) in [6.07, 6.45) is 2.33. The predicted octanol–water partition coefficient (Wildman–Crippen LogP) is 0.179. The van der Waals surface area contributed by atoms with Crippen LogP contribution in [-0.4, -0.2) is 53.3 Å². The Bertz CT molecular complexity index is 409. The second-order valence-electron chi connectivity index (χ2n) is 3.50. The molecule has 0 amide bonds. The van der Waals surface area contributed by atoms with Crippen LogP contribution in [0.15, 0.2) is 5.16 Å². The zero-order valence-electron chi connectivity index (χ0n) is 9.57. The van der Waals surface area contributed by atoms with Gasteiger partial charge >= 0.3 is 5.97 Å². The van der Waals surface area contributed by atoms with Crippen molar-refractivity contribution in [3.8, 4) is 0 Å². The average Bonchev–Trinajstić information content (AvgIpc) is 2.71. The van der Waals surface area contributed by atoms with E-state index in [1.54, 1.807) is 10.9 Å². The van der Waals surface area contributed by atoms with Gasteiger partial charge in [-0.15, -0.1) is 5.10 Å². The first-order valence-electron chi connectivity index (χ1n) is 4.93. The standard InChI is InChI=1S/C8H14N4O3S2/c1-6(3-4-17(2)15)12-8(9-10-11-12)16-5-7(13)14/h6H,3-5H2,1-2H3,(H,13,14). The van der Waals surface area contributed by atoms with Crippen molar-refractivity contribution >= 4 is 28.5 Å². The van der Waals surface area contributed by atoms with E-state index >= 15 is 0 Å². The SMILES string of the molecule is CC(CCS(C)=O)n1nnnc1SCC(=O)O. The fraction of sp³-hybridized carbons (Fsp3) is 0.750. The summed E-state index contributed by atoms with van der Waals surface area (Å²) in [6.45, 7) is 1.91. The summed E-state index contributed by atoms with van der Waals surface area (Å²) in [6, 6.07) is 0.00481. The third-order valence-electron chi connectivity index (χ3n) is 2.03. The summed E-state index contributed by atoms with van der Waals surface area (Å²) < 4.78 is 12.6. The van der Waals surface area contributed by atoms with E-state index in [1.165, 1.54) is 0 Å². The highest BCUT2D eigenvalue weighted by Gasteiger charge is 2.14. The van der Waals surface area contributed by atoms with Crippen LogP contribution in [-0.2, 0) is 15.6 Å². The highest BCUT2D eigenvalue weighted by atomic mass is 32.2. The molecule has 1 N–H and O–H groups in total. The van der Waals surface area contributed by atoms with Gasteiger partial charge in [0.1, 0.15) is 0 Å². The van der Waals surface area contributed by atoms with Crippen molar-refractivity contribution in [1.29, 1.82) is 0 Å². The highest BCUT2D eigenvalue weighted by Crippen LogP contribution is 2.19. The molecule has 0 bridgehead atoms. The molecule has 2 atom stereocenters. The van der Waals surface area contributed by atoms with Crippen LogP contribution in [0.2, 0.25) is 0 Å². The van der Waals surface area contributed by atoms with Crippen LogP contribution in [0.1, 0.15) is 19.4 Å². The Morgan fingerprint density at radius 2 is 2.35 bits per heavy atom. The van der Waals surface area contributed by atoms with Gasteiger partial charge in [-0.05, 0) is 23.8 Å². The van der Waals surface area contributed by atoms with Crippen LogP contribution < -0.4 is 0 Å². The van der Waals surface area contributed by atoms with Crippen LogP contribution in [0.5, 0.6) is 0 Å². The molecule has 0 aliphatic heterocycles. The Labute approximate surface area is 105 Å². The molecule has 0 aliphatic rings. The first-order valence-corrected chi connectivity index (χ1v) is 7.64. The zero-order chi connectivity index (χ0) is 12.8. The van der Waals surface area contributed by atoms with E-state index < -0.39 is 16.8 Å². The summed E-state index contributed by atoms with van der Waals surface area (Å²) in [5.74, 6) is -0.413. The van der Waals surface area contributed by atoms with Crippen molar-refractivity contribution in [2.24, 2.45) is 0 Å². The zero-order valence-corrected chi connectivity index (χ0v) is 11.2. The number of rotatable bonds is 7. The highest BCUT2D eigenvalue weighted by molar-refractivity contribution is 7.99. The summed E-state index contributed by atoms with van der Waals surface area (Å²) in [5, 5.41) is 20.2. The number of thioether (sulfide) groups is 1. The van der Waals surface area contributed by atoms with E-state index in [1.807, 2.05) is 6.92 Å². The second kappa shape index (κ2) is 6.70. The number of hydrogen-bond donors (Lipinski definition) is 1. The van der Waals surface area contributed by atoms with Crippen molar-refractivity contribution in [3.63, 3.8) is 0 Å². The fourth-order valence-corrected chi connectivity index (χ4v) is 2.51. The predicted molar refractivity (Wildman–Crippen MR) is 64.4 cm³/mol. The van der Waals surface area contributed by atoms with Gasteiger partial charge in [0.2, 0.25) is 5.16 Å². The summed E-state index contributed by atoms with van der Waals surface area (Å²) in [4.78, 5) is 10.5. The second-order valence-corrected chi connectivity index (χ2v) is 6.00. The number of hydrogen-bond acceptors (Lipinski definition) is 6. The Hall–Kier alpha value is -0.960. The van der Waals surface area contributed by atoms with E-state index in [0.717, 1.165) is 11.8 Å². The molecular formula is C8H14N4O3S2. The average molecular weight is 278 g/mol. The van der Waals surface area contributed by atoms with Gasteiger partial charge < -0.3 is 5.11 Å². The lowest BCUT2D eigenvalue weighted by molar-refractivity contribution is -0.133. The van der Waals surface area contributed by atoms with Crippen LogP contribution in [0.3, 0.4) is 0 Å². The third-order valence-corrected chi connectivity index (χ3v) is 3.76. The van der Waals surface area contributed by atoms with Gasteiger partial charge in [0.25, 0.3) is 0 Å². The van der Waals surface area contributed by atoms with Gasteiger partial charge in [-0.2, -0.15) is 0 Å². The number of carboxylic acid groups (broad SMARTS) is 1. The molecule has 0 spiro atoms. The van der Waals surface area contributed by atoms with E-state index in [4.69, 9.17) is 5.11 Å². The van der Waals surface area contributed by atoms with Crippen LogP contribution in [0, 0.1) is 0 Å². The van der Waals surface area contributed by atoms with Crippen LogP contribution in [0.4, 0.5) is 0 Å². The molecule has 9 heteroatoms. The number of carbonyl (C=O) groups is 1. The van der Waals surface area contributed by atoms with E-state index in [9.17, 15) is 9.00 Å². The minimum absolute atomic E-state index is 0.00481. The maximum atomic E-state index is 11.0. The van der Waals surface area contributed by atoms with Crippen molar-refractivity contribution in [2.75, 3.05) is 17.8 Å². The topological polar surface area (TPSA) is 98.0 Å². The third kappa shape index (κ3) is 4.82. The molecule has 0 aromatic carbocycles.